The fourth-order valence-electron chi connectivity index (χ4n) is 3.10. The average molecular weight is 263 g/mol. The van der Waals surface area contributed by atoms with E-state index in [1.807, 2.05) is 6.20 Å². The first-order chi connectivity index (χ1) is 9.22. The van der Waals surface area contributed by atoms with E-state index in [4.69, 9.17) is 0 Å². The molecule has 1 N–H and O–H groups in total. The molecule has 106 valence electrons. The van der Waals surface area contributed by atoms with Gasteiger partial charge in [0.25, 0.3) is 0 Å². The van der Waals surface area contributed by atoms with Crippen molar-refractivity contribution in [2.45, 2.75) is 52.5 Å². The lowest BCUT2D eigenvalue weighted by atomic mass is 9.77. The smallest absolute Gasteiger partial charge is 0.147 e. The maximum absolute atomic E-state index is 12.7. The Morgan fingerprint density at radius 2 is 2.32 bits per heavy atom. The van der Waals surface area contributed by atoms with Gasteiger partial charge in [0.2, 0.25) is 0 Å². The minimum absolute atomic E-state index is 0.141. The third-order valence-corrected chi connectivity index (χ3v) is 4.15. The Hall–Kier alpha value is -1.16. The van der Waals surface area contributed by atoms with Crippen molar-refractivity contribution in [3.05, 3.63) is 18.2 Å². The zero-order valence-electron chi connectivity index (χ0n) is 12.1. The van der Waals surface area contributed by atoms with E-state index in [-0.39, 0.29) is 5.41 Å². The van der Waals surface area contributed by atoms with Crippen LogP contribution in [0.2, 0.25) is 0 Å². The van der Waals surface area contributed by atoms with Crippen LogP contribution < -0.4 is 5.32 Å². The van der Waals surface area contributed by atoms with Crippen LogP contribution in [0.5, 0.6) is 0 Å². The molecule has 1 saturated heterocycles. The van der Waals surface area contributed by atoms with Crippen molar-refractivity contribution in [2.24, 2.45) is 5.41 Å². The Morgan fingerprint density at radius 1 is 1.47 bits per heavy atom. The fraction of sp³-hybridized carbons (Fsp3) is 0.733. The van der Waals surface area contributed by atoms with Crippen LogP contribution in [0, 0.1) is 5.41 Å². The molecule has 1 fully saturated rings. The first-order valence-corrected chi connectivity index (χ1v) is 7.46. The topological polar surface area (TPSA) is 46.9 Å². The fourth-order valence-corrected chi connectivity index (χ4v) is 3.10. The van der Waals surface area contributed by atoms with Gasteiger partial charge in [0.15, 0.2) is 0 Å². The van der Waals surface area contributed by atoms with Crippen LogP contribution in [0.1, 0.15) is 45.4 Å². The van der Waals surface area contributed by atoms with Gasteiger partial charge in [-0.3, -0.25) is 4.79 Å². The number of nitrogens with one attached hydrogen (secondary N) is 1. The van der Waals surface area contributed by atoms with Crippen LogP contribution in [0.15, 0.2) is 12.4 Å². The molecule has 1 aromatic rings. The van der Waals surface area contributed by atoms with Crippen molar-refractivity contribution < 1.29 is 4.79 Å². The Kier molecular flexibility index (Phi) is 4.75. The summed E-state index contributed by atoms with van der Waals surface area (Å²) in [5.41, 5.74) is -0.141. The highest BCUT2D eigenvalue weighted by atomic mass is 16.1. The van der Waals surface area contributed by atoms with E-state index in [0.29, 0.717) is 12.2 Å². The lowest BCUT2D eigenvalue weighted by Crippen LogP contribution is -2.35. The molecule has 0 aliphatic carbocycles. The number of nitrogens with zero attached hydrogens (tertiary/aromatic N) is 2. The van der Waals surface area contributed by atoms with Crippen LogP contribution in [0.4, 0.5) is 0 Å². The Morgan fingerprint density at radius 3 is 2.95 bits per heavy atom. The summed E-state index contributed by atoms with van der Waals surface area (Å²) >= 11 is 0. The molecule has 4 nitrogen and oxygen atoms in total. The van der Waals surface area contributed by atoms with Gasteiger partial charge in [0, 0.05) is 30.9 Å². The lowest BCUT2D eigenvalue weighted by Gasteiger charge is -2.26. The van der Waals surface area contributed by atoms with Crippen molar-refractivity contribution in [3.8, 4) is 0 Å². The molecule has 0 spiro atoms. The number of ketones is 1. The summed E-state index contributed by atoms with van der Waals surface area (Å²) in [4.78, 5) is 17.0. The number of hydrogen-bond donors (Lipinski definition) is 1. The van der Waals surface area contributed by atoms with E-state index in [2.05, 4.69) is 28.7 Å². The standard InChI is InChI=1S/C15H25N3O/c1-3-5-15(6-7-16-12-15)13(19)11-14-17-8-10-18(14)9-4-2/h8,10,16H,3-7,9,11-12H2,1-2H3. The summed E-state index contributed by atoms with van der Waals surface area (Å²) in [6.07, 6.45) is 8.37. The third-order valence-electron chi connectivity index (χ3n) is 4.15. The van der Waals surface area contributed by atoms with Gasteiger partial charge >= 0.3 is 0 Å². The Labute approximate surface area is 115 Å². The highest BCUT2D eigenvalue weighted by molar-refractivity contribution is 5.86. The van der Waals surface area contributed by atoms with Gasteiger partial charge in [-0.25, -0.2) is 4.98 Å². The van der Waals surface area contributed by atoms with Gasteiger partial charge in [-0.15, -0.1) is 0 Å². The van der Waals surface area contributed by atoms with Gasteiger partial charge in [-0.05, 0) is 25.8 Å². The summed E-state index contributed by atoms with van der Waals surface area (Å²) in [6, 6.07) is 0. The summed E-state index contributed by atoms with van der Waals surface area (Å²) in [5, 5.41) is 3.35. The van der Waals surface area contributed by atoms with E-state index in [9.17, 15) is 4.79 Å². The van der Waals surface area contributed by atoms with E-state index in [0.717, 1.165) is 51.1 Å². The summed E-state index contributed by atoms with van der Waals surface area (Å²) in [5.74, 6) is 1.29. The van der Waals surface area contributed by atoms with Crippen molar-refractivity contribution >= 4 is 5.78 Å². The summed E-state index contributed by atoms with van der Waals surface area (Å²) < 4.78 is 2.11. The monoisotopic (exact) mass is 263 g/mol. The van der Waals surface area contributed by atoms with Gasteiger partial charge in [0.05, 0.1) is 6.42 Å². The second-order valence-corrected chi connectivity index (χ2v) is 5.59. The molecule has 1 aliphatic rings. The maximum Gasteiger partial charge on any atom is 0.147 e. The molecule has 0 radical (unpaired) electrons. The van der Waals surface area contributed by atoms with Gasteiger partial charge in [-0.2, -0.15) is 0 Å². The first kappa shape index (κ1) is 14.3. The number of carbonyl (C=O) groups is 1. The van der Waals surface area contributed by atoms with Gasteiger partial charge < -0.3 is 9.88 Å². The van der Waals surface area contributed by atoms with Crippen LogP contribution in [0.3, 0.4) is 0 Å². The number of aryl methyl sites for hydroxylation is 1. The largest absolute Gasteiger partial charge is 0.335 e. The van der Waals surface area contributed by atoms with Crippen LogP contribution in [-0.4, -0.2) is 28.4 Å². The zero-order valence-corrected chi connectivity index (χ0v) is 12.1. The third kappa shape index (κ3) is 3.06. The molecule has 1 atom stereocenters. The average Bonchev–Trinajstić information content (AvgIpc) is 3.01. The molecular formula is C15H25N3O. The number of hydrogen-bond acceptors (Lipinski definition) is 3. The number of carbonyl (C=O) groups excluding carboxylic acids is 1. The molecule has 0 amide bonds. The normalized spacial score (nSPS) is 22.8. The number of rotatable bonds is 7. The van der Waals surface area contributed by atoms with E-state index in [1.54, 1.807) is 6.20 Å². The lowest BCUT2D eigenvalue weighted by molar-refractivity contribution is -0.127. The van der Waals surface area contributed by atoms with Crippen molar-refractivity contribution in [2.75, 3.05) is 13.1 Å². The molecular weight excluding hydrogens is 238 g/mol. The van der Waals surface area contributed by atoms with E-state index < -0.39 is 0 Å². The predicted octanol–water partition coefficient (Wildman–Crippen LogP) is 2.18. The molecule has 0 saturated carbocycles. The SMILES string of the molecule is CCCn1ccnc1CC(=O)C1(CCC)CCNC1. The van der Waals surface area contributed by atoms with Crippen LogP contribution in [-0.2, 0) is 17.8 Å². The number of Topliss-reactive ketones (excluding diaryl/α,β-unsaturated/α-hetero) is 1. The summed E-state index contributed by atoms with van der Waals surface area (Å²) in [7, 11) is 0. The second-order valence-electron chi connectivity index (χ2n) is 5.59. The molecule has 0 bridgehead atoms. The predicted molar refractivity (Wildman–Crippen MR) is 76.1 cm³/mol. The maximum atomic E-state index is 12.7. The van der Waals surface area contributed by atoms with Crippen LogP contribution in [0.25, 0.3) is 0 Å². The number of aromatic nitrogens is 2. The van der Waals surface area contributed by atoms with Crippen molar-refractivity contribution in [1.82, 2.24) is 14.9 Å². The molecule has 1 unspecified atom stereocenters. The Balaban J connectivity index is 2.08. The quantitative estimate of drug-likeness (QED) is 0.820. The molecule has 4 heteroatoms. The molecule has 19 heavy (non-hydrogen) atoms. The zero-order chi connectivity index (χ0) is 13.7. The van der Waals surface area contributed by atoms with Crippen molar-refractivity contribution in [1.29, 1.82) is 0 Å². The van der Waals surface area contributed by atoms with E-state index >= 15 is 0 Å². The van der Waals surface area contributed by atoms with Crippen LogP contribution >= 0.6 is 0 Å². The minimum atomic E-state index is -0.141. The molecule has 2 heterocycles. The molecule has 2 rings (SSSR count). The van der Waals surface area contributed by atoms with E-state index in [1.165, 1.54) is 0 Å². The molecule has 1 aromatic heterocycles. The van der Waals surface area contributed by atoms with Gasteiger partial charge in [-0.1, -0.05) is 20.3 Å². The van der Waals surface area contributed by atoms with Crippen molar-refractivity contribution in [3.63, 3.8) is 0 Å². The second kappa shape index (κ2) is 6.33. The number of imidazole rings is 1. The summed E-state index contributed by atoms with van der Waals surface area (Å²) in [6.45, 7) is 7.06. The minimum Gasteiger partial charge on any atom is -0.335 e. The highest BCUT2D eigenvalue weighted by Gasteiger charge is 2.39. The first-order valence-electron chi connectivity index (χ1n) is 7.46. The molecule has 0 aromatic carbocycles. The van der Waals surface area contributed by atoms with Gasteiger partial charge in [0.1, 0.15) is 11.6 Å². The Bertz CT molecular complexity index is 419. The molecule has 1 aliphatic heterocycles. The highest BCUT2D eigenvalue weighted by Crippen LogP contribution is 2.33.